The molecule has 3 saturated carbocycles. The number of nitrogens with one attached hydrogen (secondary N) is 1. The fourth-order valence-corrected chi connectivity index (χ4v) is 5.45. The van der Waals surface area contributed by atoms with Crippen molar-refractivity contribution in [3.8, 4) is 11.5 Å². The van der Waals surface area contributed by atoms with Gasteiger partial charge in [-0.3, -0.25) is 4.79 Å². The van der Waals surface area contributed by atoms with Gasteiger partial charge in [0.1, 0.15) is 0 Å². The molecule has 0 aliphatic heterocycles. The first-order valence-corrected chi connectivity index (χ1v) is 8.72. The van der Waals surface area contributed by atoms with Crippen molar-refractivity contribution in [1.29, 1.82) is 0 Å². The minimum Gasteiger partial charge on any atom is -0.503 e. The van der Waals surface area contributed by atoms with E-state index in [1.165, 1.54) is 45.4 Å². The van der Waals surface area contributed by atoms with Crippen molar-refractivity contribution in [2.24, 2.45) is 23.7 Å². The van der Waals surface area contributed by atoms with Crippen molar-refractivity contribution in [1.82, 2.24) is 10.3 Å². The van der Waals surface area contributed by atoms with Gasteiger partial charge in [0.05, 0.1) is 7.11 Å². The number of fused-ring (bicyclic) bond motifs is 5. The van der Waals surface area contributed by atoms with E-state index in [0.29, 0.717) is 5.92 Å². The summed E-state index contributed by atoms with van der Waals surface area (Å²) in [7, 11) is 1.47. The lowest BCUT2D eigenvalue weighted by atomic mass is 9.68. The molecule has 1 amide bonds. The van der Waals surface area contributed by atoms with Crippen LogP contribution in [0.2, 0.25) is 0 Å². The van der Waals surface area contributed by atoms with Gasteiger partial charge in [0.15, 0.2) is 17.2 Å². The smallest absolute Gasteiger partial charge is 0.274 e. The van der Waals surface area contributed by atoms with E-state index in [2.05, 4.69) is 10.3 Å². The molecule has 2 N–H and O–H groups in total. The minimum absolute atomic E-state index is 0.0645. The van der Waals surface area contributed by atoms with Crippen LogP contribution in [0.25, 0.3) is 0 Å². The zero-order chi connectivity index (χ0) is 16.0. The van der Waals surface area contributed by atoms with Crippen LogP contribution in [0.3, 0.4) is 0 Å². The van der Waals surface area contributed by atoms with Gasteiger partial charge in [-0.1, -0.05) is 6.42 Å². The van der Waals surface area contributed by atoms with Crippen molar-refractivity contribution >= 4 is 5.91 Å². The van der Waals surface area contributed by atoms with E-state index in [-0.39, 0.29) is 29.1 Å². The number of pyridine rings is 1. The van der Waals surface area contributed by atoms with Crippen LogP contribution in [0.5, 0.6) is 11.5 Å². The van der Waals surface area contributed by atoms with E-state index in [0.717, 1.165) is 24.2 Å². The molecular weight excluding hydrogens is 292 g/mol. The lowest BCUT2D eigenvalue weighted by molar-refractivity contribution is 0.0792. The summed E-state index contributed by atoms with van der Waals surface area (Å²) in [6, 6.07) is 1.78. The second-order valence-corrected chi connectivity index (χ2v) is 7.30. The fraction of sp³-hybridized carbons (Fsp3) is 0.667. The van der Waals surface area contributed by atoms with Crippen molar-refractivity contribution in [2.75, 3.05) is 7.11 Å². The van der Waals surface area contributed by atoms with Gasteiger partial charge in [0, 0.05) is 18.3 Å². The Morgan fingerprint density at radius 2 is 2.13 bits per heavy atom. The summed E-state index contributed by atoms with van der Waals surface area (Å²) in [5.41, 5.74) is 0.0645. The summed E-state index contributed by atoms with van der Waals surface area (Å²) >= 11 is 0. The molecule has 1 unspecified atom stereocenters. The molecule has 0 spiro atoms. The lowest BCUT2D eigenvalue weighted by Crippen LogP contribution is -2.47. The molecule has 1 aromatic rings. The number of carbonyl (C=O) groups excluding carboxylic acids is 1. The van der Waals surface area contributed by atoms with Crippen LogP contribution in [-0.2, 0) is 0 Å². The highest BCUT2D eigenvalue weighted by Gasteiger charge is 2.51. The Hall–Kier alpha value is -1.78. The number of aromatic nitrogens is 1. The summed E-state index contributed by atoms with van der Waals surface area (Å²) in [5, 5.41) is 13.3. The standard InChI is InChI=1S/C18H24N2O3/c1-23-14-7-8-19-16(17(14)21)18(22)20-13-4-2-3-12-10-5-6-11(9-10)15(12)13/h7-8,10-13,15,21H,2-6,9H2,1H3,(H,20,22)/t10-,11+,12+,13?,15-/m1/s1. The maximum Gasteiger partial charge on any atom is 0.274 e. The molecule has 5 nitrogen and oxygen atoms in total. The summed E-state index contributed by atoms with van der Waals surface area (Å²) in [6.45, 7) is 0. The predicted octanol–water partition coefficient (Wildman–Crippen LogP) is 2.74. The van der Waals surface area contributed by atoms with Gasteiger partial charge in [-0.25, -0.2) is 4.98 Å². The third-order valence-electron chi connectivity index (χ3n) is 6.31. The molecule has 124 valence electrons. The number of amides is 1. The molecule has 1 aromatic heterocycles. The van der Waals surface area contributed by atoms with E-state index >= 15 is 0 Å². The first kappa shape index (κ1) is 14.8. The lowest BCUT2D eigenvalue weighted by Gasteiger charge is -2.41. The van der Waals surface area contributed by atoms with E-state index in [1.807, 2.05) is 0 Å². The number of ether oxygens (including phenoxy) is 1. The van der Waals surface area contributed by atoms with Crippen molar-refractivity contribution < 1.29 is 14.6 Å². The van der Waals surface area contributed by atoms with Crippen LogP contribution in [0, 0.1) is 23.7 Å². The molecule has 2 bridgehead atoms. The molecule has 3 aliphatic rings. The van der Waals surface area contributed by atoms with Crippen LogP contribution in [0.1, 0.15) is 49.0 Å². The number of rotatable bonds is 3. The fourth-order valence-electron chi connectivity index (χ4n) is 5.45. The number of nitrogens with zero attached hydrogens (tertiary/aromatic N) is 1. The summed E-state index contributed by atoms with van der Waals surface area (Å²) in [5.74, 6) is 2.91. The van der Waals surface area contributed by atoms with Crippen molar-refractivity contribution in [3.05, 3.63) is 18.0 Å². The Kier molecular flexibility index (Phi) is 3.66. The third-order valence-corrected chi connectivity index (χ3v) is 6.31. The van der Waals surface area contributed by atoms with Crippen molar-refractivity contribution in [3.63, 3.8) is 0 Å². The molecule has 23 heavy (non-hydrogen) atoms. The van der Waals surface area contributed by atoms with E-state index < -0.39 is 0 Å². The first-order chi connectivity index (χ1) is 11.2. The Balaban J connectivity index is 1.52. The first-order valence-electron chi connectivity index (χ1n) is 8.72. The van der Waals surface area contributed by atoms with Crippen LogP contribution < -0.4 is 10.1 Å². The molecule has 3 fully saturated rings. The van der Waals surface area contributed by atoms with Gasteiger partial charge in [-0.2, -0.15) is 0 Å². The normalized spacial score (nSPS) is 34.9. The van der Waals surface area contributed by atoms with Gasteiger partial charge in [-0.15, -0.1) is 0 Å². The number of carbonyl (C=O) groups is 1. The van der Waals surface area contributed by atoms with Gasteiger partial charge in [0.2, 0.25) is 0 Å². The number of hydrogen-bond donors (Lipinski definition) is 2. The number of hydrogen-bond acceptors (Lipinski definition) is 4. The molecule has 0 radical (unpaired) electrons. The molecule has 5 atom stereocenters. The summed E-state index contributed by atoms with van der Waals surface area (Å²) < 4.78 is 5.07. The molecule has 4 rings (SSSR count). The van der Waals surface area contributed by atoms with Crippen LogP contribution in [-0.4, -0.2) is 29.1 Å². The summed E-state index contributed by atoms with van der Waals surface area (Å²) in [6.07, 6.45) is 9.10. The quantitative estimate of drug-likeness (QED) is 0.899. The highest BCUT2D eigenvalue weighted by atomic mass is 16.5. The maximum absolute atomic E-state index is 12.6. The monoisotopic (exact) mass is 316 g/mol. The highest BCUT2D eigenvalue weighted by molar-refractivity contribution is 5.95. The van der Waals surface area contributed by atoms with Gasteiger partial charge in [0.25, 0.3) is 5.91 Å². The topological polar surface area (TPSA) is 71.5 Å². The summed E-state index contributed by atoms with van der Waals surface area (Å²) in [4.78, 5) is 16.7. The van der Waals surface area contributed by atoms with Crippen molar-refractivity contribution in [2.45, 2.75) is 44.6 Å². The van der Waals surface area contributed by atoms with Gasteiger partial charge in [-0.05, 0) is 55.8 Å². The largest absolute Gasteiger partial charge is 0.503 e. The second kappa shape index (κ2) is 5.69. The van der Waals surface area contributed by atoms with Crippen LogP contribution >= 0.6 is 0 Å². The Morgan fingerprint density at radius 3 is 2.96 bits per heavy atom. The average molecular weight is 316 g/mol. The third kappa shape index (κ3) is 2.37. The molecule has 1 heterocycles. The van der Waals surface area contributed by atoms with Gasteiger partial charge >= 0.3 is 0 Å². The highest BCUT2D eigenvalue weighted by Crippen LogP contribution is 2.57. The van der Waals surface area contributed by atoms with Crippen LogP contribution in [0.15, 0.2) is 12.3 Å². The maximum atomic E-state index is 12.6. The average Bonchev–Trinajstić information content (AvgIpc) is 3.17. The van der Waals surface area contributed by atoms with E-state index in [4.69, 9.17) is 4.74 Å². The SMILES string of the molecule is COc1ccnc(C(=O)NC2CCC[C@H]3[C@@H]4CC[C@@H](C4)[C@@H]23)c1O. The van der Waals surface area contributed by atoms with E-state index in [9.17, 15) is 9.90 Å². The molecule has 0 aromatic carbocycles. The number of aromatic hydroxyl groups is 1. The van der Waals surface area contributed by atoms with Crippen LogP contribution in [0.4, 0.5) is 0 Å². The molecule has 0 saturated heterocycles. The van der Waals surface area contributed by atoms with E-state index in [1.54, 1.807) is 6.07 Å². The zero-order valence-electron chi connectivity index (χ0n) is 13.5. The Morgan fingerprint density at radius 1 is 1.30 bits per heavy atom. The molecule has 3 aliphatic carbocycles. The Bertz CT molecular complexity index is 618. The molecular formula is C18H24N2O3. The molecule has 5 heteroatoms. The van der Waals surface area contributed by atoms with Gasteiger partial charge < -0.3 is 15.2 Å². The minimum atomic E-state index is -0.283. The predicted molar refractivity (Wildman–Crippen MR) is 85.4 cm³/mol. The number of methoxy groups -OCH3 is 1. The Labute approximate surface area is 136 Å². The second-order valence-electron chi connectivity index (χ2n) is 7.30. The zero-order valence-corrected chi connectivity index (χ0v) is 13.5.